The lowest BCUT2D eigenvalue weighted by Crippen LogP contribution is -2.43. The van der Waals surface area contributed by atoms with Gasteiger partial charge in [-0.25, -0.2) is 4.98 Å². The van der Waals surface area contributed by atoms with Gasteiger partial charge in [-0.15, -0.1) is 11.3 Å². The number of thiazole rings is 1. The molecule has 0 aliphatic carbocycles. The van der Waals surface area contributed by atoms with E-state index in [-0.39, 0.29) is 5.91 Å². The van der Waals surface area contributed by atoms with E-state index in [0.29, 0.717) is 40.0 Å². The number of benzene rings is 1. The van der Waals surface area contributed by atoms with Crippen molar-refractivity contribution in [2.75, 3.05) is 20.8 Å². The molecule has 1 aliphatic rings. The molecule has 2 N–H and O–H groups in total. The summed E-state index contributed by atoms with van der Waals surface area (Å²) < 4.78 is 10.6. The second-order valence-electron chi connectivity index (χ2n) is 6.06. The van der Waals surface area contributed by atoms with Gasteiger partial charge in [0, 0.05) is 12.1 Å². The molecule has 1 atom stereocenters. The number of aryl methyl sites for hydroxylation is 1. The SMILES string of the molecule is COc1ccc(-c2nc(C)c(C(=O)N3CCCC3C(N)=O)s2)cc1OC. The van der Waals surface area contributed by atoms with Crippen LogP contribution in [0.25, 0.3) is 10.6 Å². The quantitative estimate of drug-likeness (QED) is 0.865. The molecule has 0 radical (unpaired) electrons. The molecule has 2 heterocycles. The van der Waals surface area contributed by atoms with Crippen molar-refractivity contribution in [1.29, 1.82) is 0 Å². The number of amides is 2. The fraction of sp³-hybridized carbons (Fsp3) is 0.389. The van der Waals surface area contributed by atoms with Crippen molar-refractivity contribution < 1.29 is 19.1 Å². The van der Waals surface area contributed by atoms with Crippen molar-refractivity contribution in [3.63, 3.8) is 0 Å². The Morgan fingerprint density at radius 2 is 2.00 bits per heavy atom. The summed E-state index contributed by atoms with van der Waals surface area (Å²) >= 11 is 1.30. The van der Waals surface area contributed by atoms with Crippen LogP contribution in [0.3, 0.4) is 0 Å². The average Bonchev–Trinajstić information content (AvgIpc) is 3.27. The summed E-state index contributed by atoms with van der Waals surface area (Å²) in [7, 11) is 3.15. The number of likely N-dealkylation sites (tertiary alicyclic amines) is 1. The first kappa shape index (κ1) is 18.2. The second-order valence-corrected chi connectivity index (χ2v) is 7.06. The van der Waals surface area contributed by atoms with Crippen LogP contribution in [0.4, 0.5) is 0 Å². The highest BCUT2D eigenvalue weighted by atomic mass is 32.1. The first-order valence-electron chi connectivity index (χ1n) is 8.26. The van der Waals surface area contributed by atoms with Crippen molar-refractivity contribution in [3.05, 3.63) is 28.8 Å². The molecule has 1 unspecified atom stereocenters. The van der Waals surface area contributed by atoms with Gasteiger partial charge in [-0.1, -0.05) is 0 Å². The smallest absolute Gasteiger partial charge is 0.266 e. The Kier molecular flexibility index (Phi) is 5.13. The second kappa shape index (κ2) is 7.33. The lowest BCUT2D eigenvalue weighted by molar-refractivity contribution is -0.121. The largest absolute Gasteiger partial charge is 0.493 e. The van der Waals surface area contributed by atoms with E-state index in [1.54, 1.807) is 32.1 Å². The van der Waals surface area contributed by atoms with Crippen molar-refractivity contribution in [1.82, 2.24) is 9.88 Å². The number of nitrogens with zero attached hydrogens (tertiary/aromatic N) is 2. The van der Waals surface area contributed by atoms with E-state index in [2.05, 4.69) is 4.98 Å². The Labute approximate surface area is 155 Å². The zero-order chi connectivity index (χ0) is 18.8. The molecule has 0 bridgehead atoms. The Bertz CT molecular complexity index is 849. The zero-order valence-corrected chi connectivity index (χ0v) is 15.8. The molecule has 1 aromatic heterocycles. The van der Waals surface area contributed by atoms with E-state index in [9.17, 15) is 9.59 Å². The molecule has 8 heteroatoms. The van der Waals surface area contributed by atoms with Crippen LogP contribution in [0.5, 0.6) is 11.5 Å². The molecule has 7 nitrogen and oxygen atoms in total. The molecule has 1 fully saturated rings. The highest BCUT2D eigenvalue weighted by molar-refractivity contribution is 7.17. The lowest BCUT2D eigenvalue weighted by atomic mass is 10.2. The molecule has 0 spiro atoms. The fourth-order valence-corrected chi connectivity index (χ4v) is 4.14. The van der Waals surface area contributed by atoms with Crippen LogP contribution >= 0.6 is 11.3 Å². The summed E-state index contributed by atoms with van der Waals surface area (Å²) in [5.74, 6) is 0.576. The van der Waals surface area contributed by atoms with Crippen molar-refractivity contribution >= 4 is 23.2 Å². The van der Waals surface area contributed by atoms with Gasteiger partial charge in [0.05, 0.1) is 19.9 Å². The average molecular weight is 375 g/mol. The molecule has 26 heavy (non-hydrogen) atoms. The first-order valence-corrected chi connectivity index (χ1v) is 9.08. The van der Waals surface area contributed by atoms with E-state index >= 15 is 0 Å². The van der Waals surface area contributed by atoms with Gasteiger partial charge in [-0.2, -0.15) is 0 Å². The summed E-state index contributed by atoms with van der Waals surface area (Å²) in [5.41, 5.74) is 6.90. The fourth-order valence-electron chi connectivity index (χ4n) is 3.12. The maximum Gasteiger partial charge on any atom is 0.266 e. The summed E-state index contributed by atoms with van der Waals surface area (Å²) in [6.07, 6.45) is 1.39. The van der Waals surface area contributed by atoms with Crippen LogP contribution in [0.15, 0.2) is 18.2 Å². The van der Waals surface area contributed by atoms with Crippen LogP contribution in [0, 0.1) is 6.92 Å². The maximum atomic E-state index is 12.9. The van der Waals surface area contributed by atoms with Crippen LogP contribution in [-0.2, 0) is 4.79 Å². The summed E-state index contributed by atoms with van der Waals surface area (Å²) in [5, 5.41) is 0.710. The Morgan fingerprint density at radius 3 is 2.65 bits per heavy atom. The monoisotopic (exact) mass is 375 g/mol. The third-order valence-electron chi connectivity index (χ3n) is 4.46. The van der Waals surface area contributed by atoms with Crippen LogP contribution in [0.2, 0.25) is 0 Å². The molecular formula is C18H21N3O4S. The van der Waals surface area contributed by atoms with Gasteiger partial charge in [0.15, 0.2) is 11.5 Å². The number of carbonyl (C=O) groups excluding carboxylic acids is 2. The van der Waals surface area contributed by atoms with Gasteiger partial charge < -0.3 is 20.1 Å². The lowest BCUT2D eigenvalue weighted by Gasteiger charge is -2.21. The predicted molar refractivity (Wildman–Crippen MR) is 98.6 cm³/mol. The molecule has 0 saturated carbocycles. The van der Waals surface area contributed by atoms with Crippen LogP contribution in [0.1, 0.15) is 28.2 Å². The molecule has 3 rings (SSSR count). The predicted octanol–water partition coefficient (Wildman–Crippen LogP) is 2.23. The highest BCUT2D eigenvalue weighted by Crippen LogP contribution is 2.35. The Morgan fingerprint density at radius 1 is 1.27 bits per heavy atom. The summed E-state index contributed by atoms with van der Waals surface area (Å²) in [6, 6.07) is 4.97. The van der Waals surface area contributed by atoms with Gasteiger partial charge in [0.1, 0.15) is 15.9 Å². The topological polar surface area (TPSA) is 94.8 Å². The molecule has 1 saturated heterocycles. The van der Waals surface area contributed by atoms with Crippen LogP contribution < -0.4 is 15.2 Å². The van der Waals surface area contributed by atoms with Crippen molar-refractivity contribution in [3.8, 4) is 22.1 Å². The molecule has 2 aromatic rings. The molecule has 1 aromatic carbocycles. The van der Waals surface area contributed by atoms with Gasteiger partial charge in [-0.05, 0) is 38.0 Å². The van der Waals surface area contributed by atoms with Crippen molar-refractivity contribution in [2.24, 2.45) is 5.73 Å². The number of nitrogens with two attached hydrogens (primary N) is 1. The van der Waals surface area contributed by atoms with Crippen molar-refractivity contribution in [2.45, 2.75) is 25.8 Å². The van der Waals surface area contributed by atoms with E-state index in [4.69, 9.17) is 15.2 Å². The number of hydrogen-bond acceptors (Lipinski definition) is 6. The zero-order valence-electron chi connectivity index (χ0n) is 14.9. The first-order chi connectivity index (χ1) is 12.5. The highest BCUT2D eigenvalue weighted by Gasteiger charge is 2.34. The van der Waals surface area contributed by atoms with Gasteiger partial charge >= 0.3 is 0 Å². The number of methoxy groups -OCH3 is 2. The van der Waals surface area contributed by atoms with E-state index in [1.807, 2.05) is 12.1 Å². The number of hydrogen-bond donors (Lipinski definition) is 1. The van der Waals surface area contributed by atoms with E-state index in [1.165, 1.54) is 11.3 Å². The van der Waals surface area contributed by atoms with Gasteiger partial charge in [-0.3, -0.25) is 9.59 Å². The minimum absolute atomic E-state index is 0.187. The number of aromatic nitrogens is 1. The third-order valence-corrected chi connectivity index (χ3v) is 5.66. The molecule has 1 aliphatic heterocycles. The Hall–Kier alpha value is -2.61. The molecular weight excluding hydrogens is 354 g/mol. The number of primary amides is 1. The van der Waals surface area contributed by atoms with Crippen LogP contribution in [-0.4, -0.2) is 48.5 Å². The van der Waals surface area contributed by atoms with Gasteiger partial charge in [0.25, 0.3) is 5.91 Å². The number of carbonyl (C=O) groups is 2. The van der Waals surface area contributed by atoms with E-state index < -0.39 is 11.9 Å². The molecule has 2 amide bonds. The Balaban J connectivity index is 1.92. The molecule has 138 valence electrons. The minimum atomic E-state index is -0.534. The van der Waals surface area contributed by atoms with E-state index in [0.717, 1.165) is 12.0 Å². The van der Waals surface area contributed by atoms with Gasteiger partial charge in [0.2, 0.25) is 5.91 Å². The maximum absolute atomic E-state index is 12.9. The summed E-state index contributed by atoms with van der Waals surface area (Å²) in [6.45, 7) is 2.33. The number of ether oxygens (including phenoxy) is 2. The number of rotatable bonds is 5. The standard InChI is InChI=1S/C18H21N3O4S/c1-10-15(18(23)21-8-4-5-12(21)16(19)22)26-17(20-10)11-6-7-13(24-2)14(9-11)25-3/h6-7,9,12H,4-5,8H2,1-3H3,(H2,19,22). The summed E-state index contributed by atoms with van der Waals surface area (Å²) in [4.78, 5) is 31.1. The normalized spacial score (nSPS) is 16.6. The minimum Gasteiger partial charge on any atom is -0.493 e. The third kappa shape index (κ3) is 3.24.